The molecule has 2 aromatic rings. The van der Waals surface area contributed by atoms with Crippen LogP contribution in [0.1, 0.15) is 96.5 Å². The number of fused-ring (bicyclic) bond motifs is 3. The molecule has 0 spiro atoms. The Morgan fingerprint density at radius 3 is 2.61 bits per heavy atom. The summed E-state index contributed by atoms with van der Waals surface area (Å²) in [7, 11) is -2.26. The second-order valence-corrected chi connectivity index (χ2v) is 19.1. The van der Waals surface area contributed by atoms with E-state index in [2.05, 4.69) is 26.9 Å². The van der Waals surface area contributed by atoms with Crippen LogP contribution in [0.5, 0.6) is 11.6 Å². The highest BCUT2D eigenvalue weighted by Crippen LogP contribution is 2.47. The molecule has 5 atom stereocenters. The van der Waals surface area contributed by atoms with E-state index in [1.54, 1.807) is 19.4 Å². The lowest BCUT2D eigenvalue weighted by Gasteiger charge is -2.35. The van der Waals surface area contributed by atoms with Crippen molar-refractivity contribution >= 4 is 44.6 Å². The van der Waals surface area contributed by atoms with Crippen LogP contribution in [0.15, 0.2) is 37.1 Å². The number of aromatic nitrogens is 1. The summed E-state index contributed by atoms with van der Waals surface area (Å²) < 4.78 is 46.1. The standard InChI is InChI=1S/C41H55N5O9S/c1-5-10-28-22-41(28,38(49)45-56(51,52)30-14-15-30)44-35(47)32-21-29-23-46(32)37(48)34(25-11-7-6-8-12-25)43-39(50)54-24-40(2,3)17-9-13-27-19-31-26(20-33(27)53-4)16-18-42-36(31)55-29/h5,16,18-20,25,28-30,32,34H,1,6-15,17,21-24H2,2-4H3,(H,43,50)(H,44,47)(H,45,49)/t28-,29+,32-,34-,41?/m0/s1. The Hall–Kier alpha value is -4.40. The smallest absolute Gasteiger partial charge is 0.407 e. The van der Waals surface area contributed by atoms with Crippen LogP contribution in [0.4, 0.5) is 4.79 Å². The zero-order chi connectivity index (χ0) is 39.8. The number of nitrogens with one attached hydrogen (secondary N) is 3. The maximum absolute atomic E-state index is 14.9. The van der Waals surface area contributed by atoms with Crippen LogP contribution in [0.2, 0.25) is 0 Å². The van der Waals surface area contributed by atoms with Gasteiger partial charge in [0.1, 0.15) is 29.5 Å². The van der Waals surface area contributed by atoms with Crippen molar-refractivity contribution < 1.29 is 41.8 Å². The molecule has 1 saturated heterocycles. The van der Waals surface area contributed by atoms with Crippen molar-refractivity contribution in [1.29, 1.82) is 0 Å². The van der Waals surface area contributed by atoms with E-state index in [9.17, 15) is 27.6 Å². The first-order valence-electron chi connectivity index (χ1n) is 20.1. The van der Waals surface area contributed by atoms with Crippen LogP contribution in [0.25, 0.3) is 10.8 Å². The number of sulfonamides is 1. The maximum atomic E-state index is 14.9. The van der Waals surface area contributed by atoms with Gasteiger partial charge < -0.3 is 29.7 Å². The normalized spacial score (nSPS) is 28.6. The van der Waals surface area contributed by atoms with E-state index in [1.807, 2.05) is 32.0 Å². The van der Waals surface area contributed by atoms with Gasteiger partial charge in [-0.05, 0) is 104 Å². The van der Waals surface area contributed by atoms with Gasteiger partial charge in [-0.3, -0.25) is 19.1 Å². The molecule has 4 bridgehead atoms. The van der Waals surface area contributed by atoms with Crippen LogP contribution in [0, 0.1) is 17.3 Å². The lowest BCUT2D eigenvalue weighted by atomic mass is 9.83. The van der Waals surface area contributed by atoms with Gasteiger partial charge in [-0.1, -0.05) is 39.2 Å². The van der Waals surface area contributed by atoms with Crippen molar-refractivity contribution in [3.05, 3.63) is 42.6 Å². The number of methoxy groups -OCH3 is 1. The zero-order valence-electron chi connectivity index (χ0n) is 32.6. The number of pyridine rings is 1. The molecule has 1 aromatic carbocycles. The Morgan fingerprint density at radius 1 is 1.12 bits per heavy atom. The Labute approximate surface area is 328 Å². The third-order valence-corrected chi connectivity index (χ3v) is 14.1. The van der Waals surface area contributed by atoms with E-state index in [1.165, 1.54) is 4.90 Å². The third kappa shape index (κ3) is 8.47. The number of nitrogens with zero attached hydrogens (tertiary/aromatic N) is 2. The van der Waals surface area contributed by atoms with E-state index >= 15 is 0 Å². The van der Waals surface area contributed by atoms with Gasteiger partial charge >= 0.3 is 6.09 Å². The molecular formula is C41H55N5O9S. The van der Waals surface area contributed by atoms with E-state index in [0.717, 1.165) is 67.0 Å². The molecule has 2 aliphatic heterocycles. The fraction of sp³-hybridized carbons (Fsp3) is 0.634. The number of carbonyl (C=O) groups excluding carboxylic acids is 4. The Balaban J connectivity index is 1.24. The minimum absolute atomic E-state index is 0.0102. The van der Waals surface area contributed by atoms with E-state index < -0.39 is 62.8 Å². The highest BCUT2D eigenvalue weighted by Gasteiger charge is 2.62. The van der Waals surface area contributed by atoms with Gasteiger partial charge in [-0.2, -0.15) is 0 Å². The number of hydrogen-bond acceptors (Lipinski definition) is 10. The van der Waals surface area contributed by atoms with E-state index in [-0.39, 0.29) is 43.2 Å². The van der Waals surface area contributed by atoms with E-state index in [0.29, 0.717) is 31.6 Å². The highest BCUT2D eigenvalue weighted by molar-refractivity contribution is 7.91. The molecule has 4 fully saturated rings. The number of rotatable bonds is 9. The predicted octanol–water partition coefficient (Wildman–Crippen LogP) is 4.69. The van der Waals surface area contributed by atoms with Crippen molar-refractivity contribution in [1.82, 2.24) is 25.2 Å². The number of amides is 4. The Kier molecular flexibility index (Phi) is 11.3. The van der Waals surface area contributed by atoms with Crippen molar-refractivity contribution in [3.63, 3.8) is 0 Å². The maximum Gasteiger partial charge on any atom is 0.407 e. The molecule has 304 valence electrons. The molecule has 3 heterocycles. The first kappa shape index (κ1) is 39.8. The fourth-order valence-corrected chi connectivity index (χ4v) is 10.2. The summed E-state index contributed by atoms with van der Waals surface area (Å²) in [5, 5.41) is 6.80. The molecule has 3 aliphatic carbocycles. The molecule has 4 amide bonds. The molecule has 14 nitrogen and oxygen atoms in total. The molecule has 1 unspecified atom stereocenters. The average molecular weight is 794 g/mol. The number of cyclic esters (lactones) is 1. The van der Waals surface area contributed by atoms with Gasteiger partial charge in [0.2, 0.25) is 27.7 Å². The monoisotopic (exact) mass is 793 g/mol. The SMILES string of the molecule is C=CC[C@H]1CC1(NC(=O)[C@@H]1C[C@@H]2CN1C(=O)[C@H](C1CCCCC1)NC(=O)OCC(C)(C)CCCc1cc3c(nccc3cc1OC)O2)C(=O)NS(=O)(=O)C1CC1. The second kappa shape index (κ2) is 15.9. The lowest BCUT2D eigenvalue weighted by molar-refractivity contribution is -0.142. The van der Waals surface area contributed by atoms with Gasteiger partial charge in [0, 0.05) is 18.0 Å². The number of alkyl carbamates (subject to hydrolysis) is 1. The van der Waals surface area contributed by atoms with Crippen LogP contribution < -0.4 is 24.8 Å². The molecule has 7 rings (SSSR count). The summed E-state index contributed by atoms with van der Waals surface area (Å²) in [4.78, 5) is 62.6. The van der Waals surface area contributed by atoms with Crippen LogP contribution in [0.3, 0.4) is 0 Å². The molecule has 1 aromatic heterocycles. The van der Waals surface area contributed by atoms with Crippen LogP contribution in [-0.2, 0) is 35.6 Å². The largest absolute Gasteiger partial charge is 0.496 e. The predicted molar refractivity (Wildman–Crippen MR) is 208 cm³/mol. The minimum atomic E-state index is -3.89. The summed E-state index contributed by atoms with van der Waals surface area (Å²) in [5.74, 6) is -1.30. The number of hydrogen-bond donors (Lipinski definition) is 3. The molecular weight excluding hydrogens is 739 g/mol. The second-order valence-electron chi connectivity index (χ2n) is 17.2. The molecule has 0 radical (unpaired) electrons. The van der Waals surface area contributed by atoms with Gasteiger partial charge in [0.15, 0.2) is 0 Å². The summed E-state index contributed by atoms with van der Waals surface area (Å²) >= 11 is 0. The summed E-state index contributed by atoms with van der Waals surface area (Å²) in [6.45, 7) is 8.02. The number of allylic oxidation sites excluding steroid dienone is 1. The van der Waals surface area contributed by atoms with Gasteiger partial charge in [0.25, 0.3) is 5.91 Å². The average Bonchev–Trinajstić information content (AvgIpc) is 4.10. The summed E-state index contributed by atoms with van der Waals surface area (Å²) in [6, 6.07) is 3.79. The van der Waals surface area contributed by atoms with Crippen LogP contribution in [-0.4, -0.2) is 91.4 Å². The van der Waals surface area contributed by atoms with Crippen molar-refractivity contribution in [3.8, 4) is 11.6 Å². The minimum Gasteiger partial charge on any atom is -0.496 e. The number of ether oxygens (including phenoxy) is 3. The van der Waals surface area contributed by atoms with Crippen LogP contribution >= 0.6 is 0 Å². The molecule has 3 saturated carbocycles. The van der Waals surface area contributed by atoms with Crippen molar-refractivity contribution in [2.75, 3.05) is 20.3 Å². The number of carbonyl (C=O) groups is 4. The van der Waals surface area contributed by atoms with Gasteiger partial charge in [-0.25, -0.2) is 18.2 Å². The Bertz CT molecular complexity index is 1980. The summed E-state index contributed by atoms with van der Waals surface area (Å²) in [6.07, 6.45) is 10.1. The van der Waals surface area contributed by atoms with Crippen molar-refractivity contribution in [2.45, 2.75) is 126 Å². The van der Waals surface area contributed by atoms with E-state index in [4.69, 9.17) is 14.2 Å². The van der Waals surface area contributed by atoms with Gasteiger partial charge in [-0.15, -0.1) is 6.58 Å². The molecule has 3 N–H and O–H groups in total. The topological polar surface area (TPSA) is 182 Å². The summed E-state index contributed by atoms with van der Waals surface area (Å²) in [5.41, 5.74) is -0.877. The first-order valence-corrected chi connectivity index (χ1v) is 21.6. The zero-order valence-corrected chi connectivity index (χ0v) is 33.5. The highest BCUT2D eigenvalue weighted by atomic mass is 32.2. The fourth-order valence-electron chi connectivity index (χ4n) is 8.81. The molecule has 15 heteroatoms. The molecule has 5 aliphatic rings. The quantitative estimate of drug-likeness (QED) is 0.302. The van der Waals surface area contributed by atoms with Crippen molar-refractivity contribution in [2.24, 2.45) is 17.3 Å². The first-order chi connectivity index (χ1) is 26.7. The molecule has 56 heavy (non-hydrogen) atoms. The number of aryl methyl sites for hydroxylation is 1. The van der Waals surface area contributed by atoms with Gasteiger partial charge in [0.05, 0.1) is 25.5 Å². The lowest BCUT2D eigenvalue weighted by Crippen LogP contribution is -2.59. The Morgan fingerprint density at radius 2 is 1.89 bits per heavy atom. The number of benzene rings is 1. The third-order valence-electron chi connectivity index (χ3n) is 12.3.